The predicted molar refractivity (Wildman–Crippen MR) is 140 cm³/mol. The van der Waals surface area contributed by atoms with Crippen molar-refractivity contribution in [1.29, 1.82) is 0 Å². The zero-order valence-corrected chi connectivity index (χ0v) is 21.2. The fourth-order valence-corrected chi connectivity index (χ4v) is 6.38. The van der Waals surface area contributed by atoms with Gasteiger partial charge in [-0.1, -0.05) is 47.8 Å². The van der Waals surface area contributed by atoms with Gasteiger partial charge in [0.1, 0.15) is 10.8 Å². The Kier molecular flexibility index (Phi) is 7.51. The Bertz CT molecular complexity index is 1280. The molecule has 0 saturated carbocycles. The van der Waals surface area contributed by atoms with Gasteiger partial charge in [-0.2, -0.15) is 0 Å². The Balaban J connectivity index is 1.34. The number of rotatable bonds is 7. The molecule has 3 aromatic heterocycles. The van der Waals surface area contributed by atoms with Gasteiger partial charge in [0.05, 0.1) is 10.6 Å². The van der Waals surface area contributed by atoms with E-state index >= 15 is 0 Å². The van der Waals surface area contributed by atoms with Crippen LogP contribution in [0.25, 0.3) is 0 Å². The summed E-state index contributed by atoms with van der Waals surface area (Å²) in [6.45, 7) is 1.10. The predicted octanol–water partition coefficient (Wildman–Crippen LogP) is 6.84. The van der Waals surface area contributed by atoms with Crippen LogP contribution in [-0.2, 0) is 0 Å². The molecule has 0 radical (unpaired) electrons. The molecule has 35 heavy (non-hydrogen) atoms. The summed E-state index contributed by atoms with van der Waals surface area (Å²) in [4.78, 5) is 29.8. The van der Waals surface area contributed by atoms with Gasteiger partial charge in [-0.25, -0.2) is 19.7 Å². The Labute approximate surface area is 216 Å². The highest BCUT2D eigenvalue weighted by Gasteiger charge is 2.25. The maximum absolute atomic E-state index is 11.2. The molecule has 0 bridgehead atoms. The van der Waals surface area contributed by atoms with Crippen LogP contribution in [0.1, 0.15) is 24.5 Å². The van der Waals surface area contributed by atoms with E-state index in [0.29, 0.717) is 13.1 Å². The van der Waals surface area contributed by atoms with E-state index in [9.17, 15) is 9.90 Å². The molecule has 1 aliphatic rings. The van der Waals surface area contributed by atoms with Crippen LogP contribution in [0.5, 0.6) is 0 Å². The Morgan fingerprint density at radius 1 is 1.03 bits per heavy atom. The van der Waals surface area contributed by atoms with Crippen molar-refractivity contribution in [1.82, 2.24) is 19.9 Å². The number of anilines is 2. The molecule has 1 aliphatic heterocycles. The van der Waals surface area contributed by atoms with E-state index in [-0.39, 0.29) is 5.92 Å². The zero-order valence-electron chi connectivity index (χ0n) is 18.7. The quantitative estimate of drug-likeness (QED) is 0.273. The molecule has 1 saturated heterocycles. The molecule has 2 N–H and O–H groups in total. The molecule has 0 aliphatic carbocycles. The molecule has 1 aromatic carbocycles. The standard InChI is InChI=1S/C25H23N5O2S3/c31-25(32)30-12-9-17(10-13-30)20-16-33-24(28-20)29-23-21(34-18-6-2-1-3-7-18)14-19(15-27-23)35-22-8-4-5-11-26-22/h1-8,11,14-17H,9-10,12-13H2,(H,31,32)(H,27,28,29). The molecule has 4 heterocycles. The van der Waals surface area contributed by atoms with Crippen molar-refractivity contribution in [2.24, 2.45) is 0 Å². The Morgan fingerprint density at radius 2 is 1.83 bits per heavy atom. The lowest BCUT2D eigenvalue weighted by Gasteiger charge is -2.28. The van der Waals surface area contributed by atoms with Crippen molar-refractivity contribution in [2.45, 2.75) is 38.5 Å². The number of benzene rings is 1. The minimum Gasteiger partial charge on any atom is -0.465 e. The van der Waals surface area contributed by atoms with Crippen LogP contribution in [0.3, 0.4) is 0 Å². The van der Waals surface area contributed by atoms with Gasteiger partial charge in [-0.15, -0.1) is 11.3 Å². The van der Waals surface area contributed by atoms with Crippen molar-refractivity contribution in [3.63, 3.8) is 0 Å². The van der Waals surface area contributed by atoms with Crippen LogP contribution in [0.15, 0.2) is 92.1 Å². The third kappa shape index (κ3) is 6.14. The number of carbonyl (C=O) groups is 1. The lowest BCUT2D eigenvalue weighted by Crippen LogP contribution is -2.36. The summed E-state index contributed by atoms with van der Waals surface area (Å²) in [6, 6.07) is 18.2. The van der Waals surface area contributed by atoms with E-state index in [1.54, 1.807) is 41.1 Å². The number of nitrogens with one attached hydrogen (secondary N) is 1. The Hall–Kier alpha value is -3.08. The van der Waals surface area contributed by atoms with Crippen molar-refractivity contribution in [3.8, 4) is 0 Å². The molecule has 0 unspecified atom stereocenters. The zero-order chi connectivity index (χ0) is 24.0. The average Bonchev–Trinajstić information content (AvgIpc) is 3.35. The van der Waals surface area contributed by atoms with Gasteiger partial charge < -0.3 is 15.3 Å². The van der Waals surface area contributed by atoms with Crippen molar-refractivity contribution >= 4 is 51.9 Å². The average molecular weight is 522 g/mol. The van der Waals surface area contributed by atoms with Gasteiger partial charge in [-0.3, -0.25) is 0 Å². The Morgan fingerprint density at radius 3 is 2.57 bits per heavy atom. The highest BCUT2D eigenvalue weighted by molar-refractivity contribution is 8.00. The number of thiazole rings is 1. The molecule has 10 heteroatoms. The first-order valence-electron chi connectivity index (χ1n) is 11.2. The van der Waals surface area contributed by atoms with Crippen molar-refractivity contribution < 1.29 is 9.90 Å². The second kappa shape index (κ2) is 11.1. The van der Waals surface area contributed by atoms with E-state index < -0.39 is 6.09 Å². The molecular formula is C25H23N5O2S3. The van der Waals surface area contributed by atoms with Gasteiger partial charge in [0.25, 0.3) is 0 Å². The van der Waals surface area contributed by atoms with Gasteiger partial charge in [0.2, 0.25) is 0 Å². The summed E-state index contributed by atoms with van der Waals surface area (Å²) < 4.78 is 0. The molecule has 7 nitrogen and oxygen atoms in total. The second-order valence-electron chi connectivity index (χ2n) is 7.95. The molecule has 1 amide bonds. The number of carboxylic acid groups (broad SMARTS) is 1. The van der Waals surface area contributed by atoms with E-state index in [1.807, 2.05) is 42.6 Å². The van der Waals surface area contributed by atoms with E-state index in [2.05, 4.69) is 33.9 Å². The number of pyridine rings is 2. The largest absolute Gasteiger partial charge is 0.465 e. The summed E-state index contributed by atoms with van der Waals surface area (Å²) in [5.74, 6) is 1.03. The van der Waals surface area contributed by atoms with Gasteiger partial charge >= 0.3 is 6.09 Å². The smallest absolute Gasteiger partial charge is 0.407 e. The summed E-state index contributed by atoms with van der Waals surface area (Å²) in [7, 11) is 0. The molecule has 4 aromatic rings. The van der Waals surface area contributed by atoms with Crippen LogP contribution in [-0.4, -0.2) is 44.1 Å². The normalized spacial score (nSPS) is 14.1. The van der Waals surface area contributed by atoms with E-state index in [1.165, 1.54) is 4.90 Å². The third-order valence-electron chi connectivity index (χ3n) is 5.59. The number of likely N-dealkylation sites (tertiary alicyclic amines) is 1. The van der Waals surface area contributed by atoms with Crippen LogP contribution >= 0.6 is 34.9 Å². The topological polar surface area (TPSA) is 91.2 Å². The SMILES string of the molecule is O=C(O)N1CCC(c2csc(Nc3ncc(Sc4ccccn4)cc3Sc3ccccc3)n2)CC1. The fraction of sp³-hybridized carbons (Fsp3) is 0.200. The summed E-state index contributed by atoms with van der Waals surface area (Å²) in [5.41, 5.74) is 1.02. The van der Waals surface area contributed by atoms with Crippen molar-refractivity contribution in [3.05, 3.63) is 78.1 Å². The number of piperidine rings is 1. The van der Waals surface area contributed by atoms with E-state index in [4.69, 9.17) is 9.97 Å². The van der Waals surface area contributed by atoms with Crippen molar-refractivity contribution in [2.75, 3.05) is 18.4 Å². The second-order valence-corrected chi connectivity index (χ2v) is 11.0. The minimum absolute atomic E-state index is 0.278. The summed E-state index contributed by atoms with van der Waals surface area (Å²) >= 11 is 4.78. The maximum Gasteiger partial charge on any atom is 0.407 e. The molecule has 0 spiro atoms. The monoisotopic (exact) mass is 521 g/mol. The number of amides is 1. The summed E-state index contributed by atoms with van der Waals surface area (Å²) in [5, 5.41) is 16.4. The molecule has 5 rings (SSSR count). The molecule has 1 fully saturated rings. The lowest BCUT2D eigenvalue weighted by molar-refractivity contribution is 0.132. The van der Waals surface area contributed by atoms with Crippen LogP contribution in [0, 0.1) is 0 Å². The van der Waals surface area contributed by atoms with Gasteiger partial charge in [-0.05, 0) is 43.2 Å². The lowest BCUT2D eigenvalue weighted by atomic mass is 9.94. The first kappa shape index (κ1) is 23.7. The molecular weight excluding hydrogens is 499 g/mol. The first-order chi connectivity index (χ1) is 17.1. The summed E-state index contributed by atoms with van der Waals surface area (Å²) in [6.07, 6.45) is 4.39. The van der Waals surface area contributed by atoms with Crippen LogP contribution in [0.4, 0.5) is 15.7 Å². The van der Waals surface area contributed by atoms with E-state index in [0.717, 1.165) is 49.2 Å². The number of nitrogens with zero attached hydrogens (tertiary/aromatic N) is 4. The third-order valence-corrected chi connectivity index (χ3v) is 8.31. The fourth-order valence-electron chi connectivity index (χ4n) is 3.80. The first-order valence-corrected chi connectivity index (χ1v) is 13.7. The number of hydrogen-bond donors (Lipinski definition) is 2. The van der Waals surface area contributed by atoms with Crippen LogP contribution in [0.2, 0.25) is 0 Å². The highest BCUT2D eigenvalue weighted by Crippen LogP contribution is 2.38. The molecule has 0 atom stereocenters. The maximum atomic E-state index is 11.2. The van der Waals surface area contributed by atoms with Crippen LogP contribution < -0.4 is 5.32 Å². The highest BCUT2D eigenvalue weighted by atomic mass is 32.2. The molecule has 178 valence electrons. The minimum atomic E-state index is -0.844. The number of hydrogen-bond acceptors (Lipinski definition) is 8. The number of aromatic nitrogens is 3. The van der Waals surface area contributed by atoms with Gasteiger partial charge in [0.15, 0.2) is 5.13 Å². The van der Waals surface area contributed by atoms with Gasteiger partial charge in [0, 0.05) is 46.6 Å².